The molecule has 7 rings (SSSR count). The molecule has 52 heavy (non-hydrogen) atoms. The lowest BCUT2D eigenvalue weighted by Crippen LogP contribution is -2.69. The van der Waals surface area contributed by atoms with Crippen LogP contribution in [0.25, 0.3) is 0 Å². The molecule has 0 saturated carbocycles. The number of alkyl carbamates (subject to hydrolysis) is 1. The molecule has 0 aliphatic carbocycles. The Hall–Kier alpha value is -3.23. The van der Waals surface area contributed by atoms with Crippen molar-refractivity contribution in [2.24, 2.45) is 0 Å². The van der Waals surface area contributed by atoms with Crippen molar-refractivity contribution >= 4 is 58.6 Å². The number of carbonyl (C=O) groups is 2. The normalized spacial score (nSPS) is 27.8. The fourth-order valence-corrected chi connectivity index (χ4v) is 10.1. The zero-order valence-electron chi connectivity index (χ0n) is 28.9. The van der Waals surface area contributed by atoms with Crippen LogP contribution in [0.5, 0.6) is 28.7 Å². The number of hydrogen-bond acceptors (Lipinski definition) is 14. The number of nitrogens with zero attached hydrogens (tertiary/aromatic N) is 3. The van der Waals surface area contributed by atoms with Gasteiger partial charge in [0, 0.05) is 47.2 Å². The van der Waals surface area contributed by atoms with Crippen LogP contribution >= 0.6 is 46.6 Å². The number of cyclic esters (lactones) is 1. The lowest BCUT2D eigenvalue weighted by molar-refractivity contribution is -0.151. The second-order valence-electron chi connectivity index (χ2n) is 13.2. The summed E-state index contributed by atoms with van der Waals surface area (Å²) in [7, 11) is 5.11. The summed E-state index contributed by atoms with van der Waals surface area (Å²) in [6, 6.07) is 0.820. The average Bonchev–Trinajstić information content (AvgIpc) is 3.59. The third kappa shape index (κ3) is 6.10. The van der Waals surface area contributed by atoms with E-state index >= 15 is 0 Å². The van der Waals surface area contributed by atoms with E-state index in [-0.39, 0.29) is 37.7 Å². The molecule has 2 aromatic carbocycles. The zero-order valence-corrected chi connectivity index (χ0v) is 32.0. The van der Waals surface area contributed by atoms with E-state index in [2.05, 4.69) is 27.3 Å². The number of phenolic OH excluding ortho intramolecular Hbond substituents is 1. The van der Waals surface area contributed by atoms with Gasteiger partial charge >= 0.3 is 12.1 Å². The summed E-state index contributed by atoms with van der Waals surface area (Å²) in [6.45, 7) is 2.81. The Labute approximate surface area is 319 Å². The van der Waals surface area contributed by atoms with Crippen LogP contribution in [-0.2, 0) is 25.4 Å². The maximum atomic E-state index is 13.7. The minimum atomic E-state index is -1.86. The molecule has 0 radical (unpaired) electrons. The van der Waals surface area contributed by atoms with Gasteiger partial charge in [-0.25, -0.2) is 9.59 Å². The van der Waals surface area contributed by atoms with Gasteiger partial charge < -0.3 is 43.6 Å². The first kappa shape index (κ1) is 37.1. The van der Waals surface area contributed by atoms with Crippen LogP contribution in [0.2, 0.25) is 0 Å². The minimum absolute atomic E-state index is 0.00607. The van der Waals surface area contributed by atoms with Gasteiger partial charge in [0.05, 0.1) is 30.5 Å². The molecule has 0 aromatic heterocycles. The van der Waals surface area contributed by atoms with Crippen LogP contribution in [0, 0.1) is 25.2 Å². The van der Waals surface area contributed by atoms with Crippen molar-refractivity contribution < 1.29 is 47.9 Å². The number of thioether (sulfide) groups is 1. The molecule has 5 aliphatic heterocycles. The molecule has 5 heterocycles. The number of hydrogen-bond donors (Lipinski definition) is 2. The maximum absolute atomic E-state index is 13.7. The van der Waals surface area contributed by atoms with Gasteiger partial charge in [-0.1, -0.05) is 40.9 Å². The van der Waals surface area contributed by atoms with Crippen molar-refractivity contribution in [2.45, 2.75) is 65.6 Å². The second kappa shape index (κ2) is 14.2. The Morgan fingerprint density at radius 1 is 1.15 bits per heavy atom. The SMILES string of the molecule is COCOc1c(OC)c(C)cc2c1[C@@H]1C3[C@@H]4SC[C@H](NC(=O)OCC(Cl)(Cl)Cl)C(=O)OC[C@@H](c5c6c(c(C)c(O)c54)OCO6)N3[C@@H](C#N)[C@H](C2)N1C. The Balaban J connectivity index is 1.42. The Kier molecular flexibility index (Phi) is 10.1. The number of nitrogens with one attached hydrogen (secondary N) is 1. The van der Waals surface area contributed by atoms with Gasteiger partial charge in [-0.2, -0.15) is 5.26 Å². The van der Waals surface area contributed by atoms with E-state index in [9.17, 15) is 20.0 Å². The number of aryl methyl sites for hydroxylation is 1. The summed E-state index contributed by atoms with van der Waals surface area (Å²) >= 11 is 18.6. The smallest absolute Gasteiger partial charge is 0.408 e. The second-order valence-corrected chi connectivity index (χ2v) is 16.9. The summed E-state index contributed by atoms with van der Waals surface area (Å²) in [4.78, 5) is 30.8. The van der Waals surface area contributed by atoms with E-state index in [1.54, 1.807) is 21.1 Å². The molecule has 14 nitrogen and oxygen atoms in total. The zero-order chi connectivity index (χ0) is 37.2. The fourth-order valence-electron chi connectivity index (χ4n) is 8.38. The van der Waals surface area contributed by atoms with Gasteiger partial charge in [0.1, 0.15) is 31.0 Å². The molecule has 4 bridgehead atoms. The Morgan fingerprint density at radius 2 is 1.90 bits per heavy atom. The Morgan fingerprint density at radius 3 is 2.60 bits per heavy atom. The number of alkyl halides is 3. The fraction of sp³-hybridized carbons (Fsp3) is 0.559. The van der Waals surface area contributed by atoms with Crippen LogP contribution < -0.4 is 24.3 Å². The molecular weight excluding hydrogens is 763 g/mol. The van der Waals surface area contributed by atoms with Crippen molar-refractivity contribution in [3.63, 3.8) is 0 Å². The van der Waals surface area contributed by atoms with Gasteiger partial charge in [-0.15, -0.1) is 11.8 Å². The average molecular weight is 800 g/mol. The number of fused-ring (bicyclic) bond motifs is 9. The van der Waals surface area contributed by atoms with Crippen molar-refractivity contribution in [1.29, 1.82) is 5.26 Å². The lowest BCUT2D eigenvalue weighted by Gasteiger charge is -2.61. The Bertz CT molecular complexity index is 1840. The monoisotopic (exact) mass is 798 g/mol. The van der Waals surface area contributed by atoms with E-state index < -0.39 is 57.9 Å². The first-order valence-electron chi connectivity index (χ1n) is 16.4. The predicted molar refractivity (Wildman–Crippen MR) is 190 cm³/mol. The minimum Gasteiger partial charge on any atom is -0.507 e. The summed E-state index contributed by atoms with van der Waals surface area (Å²) < 4.78 is 38.6. The summed E-state index contributed by atoms with van der Waals surface area (Å²) in [6.07, 6.45) is -0.456. The number of halogens is 3. The summed E-state index contributed by atoms with van der Waals surface area (Å²) in [5.41, 5.74) is 4.40. The molecule has 1 unspecified atom stereocenters. The number of amides is 1. The standard InChI is InChI=1S/C34H37Cl3N4O10S/c1-14-6-16-7-18-19(8-38)41-20-9-47-32(43)17(39-33(44)48-11-34(35,36)37)10-52-31(23-22(20)30-28(50-13-51-30)15(2)26(23)42)25(41)24(40(18)3)21(16)29(27(14)46-5)49-12-45-4/h6,17-20,24-25,31,42H,7,9-13H2,1-5H3,(H,39,44)/t17-,18-,19-,20-,24+,25?,31+/m0/s1. The van der Waals surface area contributed by atoms with E-state index in [4.69, 9.17) is 68.0 Å². The van der Waals surface area contributed by atoms with Gasteiger partial charge in [-0.05, 0) is 38.4 Å². The predicted octanol–water partition coefficient (Wildman–Crippen LogP) is 4.75. The highest BCUT2D eigenvalue weighted by atomic mass is 35.6. The summed E-state index contributed by atoms with van der Waals surface area (Å²) in [5.74, 6) is 1.18. The van der Waals surface area contributed by atoms with Crippen molar-refractivity contribution in [2.75, 3.05) is 53.8 Å². The largest absolute Gasteiger partial charge is 0.507 e. The van der Waals surface area contributed by atoms with Gasteiger partial charge in [-0.3, -0.25) is 9.80 Å². The molecule has 2 saturated heterocycles. The maximum Gasteiger partial charge on any atom is 0.408 e. The molecule has 2 aromatic rings. The first-order valence-corrected chi connectivity index (χ1v) is 18.6. The number of aromatic hydroxyl groups is 1. The molecule has 2 fully saturated rings. The number of likely N-dealkylation sites (N-methyl/N-ethyl adjacent to an activating group) is 1. The van der Waals surface area contributed by atoms with Gasteiger partial charge in [0.15, 0.2) is 29.8 Å². The number of carbonyl (C=O) groups excluding carboxylic acids is 2. The molecular formula is C34H37Cl3N4O10S. The highest BCUT2D eigenvalue weighted by molar-refractivity contribution is 7.99. The highest BCUT2D eigenvalue weighted by Gasteiger charge is 2.60. The van der Waals surface area contributed by atoms with Gasteiger partial charge in [0.2, 0.25) is 10.6 Å². The topological polar surface area (TPSA) is 161 Å². The lowest BCUT2D eigenvalue weighted by atomic mass is 9.71. The molecule has 0 spiro atoms. The molecule has 1 amide bonds. The number of nitriles is 1. The number of methoxy groups -OCH3 is 2. The summed E-state index contributed by atoms with van der Waals surface area (Å²) in [5, 5.41) is 25.0. The van der Waals surface area contributed by atoms with Crippen molar-refractivity contribution in [3.8, 4) is 34.8 Å². The molecule has 7 atom stereocenters. The first-order chi connectivity index (χ1) is 24.8. The molecule has 5 aliphatic rings. The molecule has 18 heteroatoms. The highest BCUT2D eigenvalue weighted by Crippen LogP contribution is 2.64. The van der Waals surface area contributed by atoms with Crippen LogP contribution in [0.1, 0.15) is 50.7 Å². The van der Waals surface area contributed by atoms with Crippen LogP contribution in [-0.4, -0.2) is 109 Å². The number of phenols is 1. The quantitative estimate of drug-likeness (QED) is 0.234. The third-order valence-corrected chi connectivity index (χ3v) is 12.1. The number of rotatable bonds is 6. The number of piperazine rings is 1. The molecule has 2 N–H and O–H groups in total. The van der Waals surface area contributed by atoms with E-state index in [0.29, 0.717) is 46.1 Å². The van der Waals surface area contributed by atoms with Crippen molar-refractivity contribution in [3.05, 3.63) is 39.4 Å². The van der Waals surface area contributed by atoms with E-state index in [1.807, 2.05) is 14.0 Å². The number of ether oxygens (including phenoxy) is 7. The van der Waals surface area contributed by atoms with Crippen LogP contribution in [0.3, 0.4) is 0 Å². The third-order valence-electron chi connectivity index (χ3n) is 10.4. The number of esters is 1. The molecule has 280 valence electrons. The van der Waals surface area contributed by atoms with Crippen LogP contribution in [0.4, 0.5) is 4.79 Å². The number of benzene rings is 2. The van der Waals surface area contributed by atoms with Gasteiger partial charge in [0.25, 0.3) is 0 Å². The van der Waals surface area contributed by atoms with E-state index in [0.717, 1.165) is 16.7 Å². The van der Waals surface area contributed by atoms with Crippen molar-refractivity contribution in [1.82, 2.24) is 15.1 Å². The van der Waals surface area contributed by atoms with Crippen LogP contribution in [0.15, 0.2) is 6.07 Å². The van der Waals surface area contributed by atoms with E-state index in [1.165, 1.54) is 11.8 Å².